The van der Waals surface area contributed by atoms with Crippen LogP contribution in [0.15, 0.2) is 24.3 Å². The van der Waals surface area contributed by atoms with Crippen LogP contribution in [0, 0.1) is 0 Å². The van der Waals surface area contributed by atoms with Gasteiger partial charge >= 0.3 is 0 Å². The van der Waals surface area contributed by atoms with Gasteiger partial charge in [0.05, 0.1) is 18.0 Å². The number of hydrogen-bond donors (Lipinski definition) is 1. The van der Waals surface area contributed by atoms with Gasteiger partial charge in [-0.15, -0.1) is 5.10 Å². The Morgan fingerprint density at radius 1 is 1.35 bits per heavy atom. The molecule has 0 spiro atoms. The van der Waals surface area contributed by atoms with Gasteiger partial charge in [0.25, 0.3) is 0 Å². The topological polar surface area (TPSA) is 66.0 Å². The van der Waals surface area contributed by atoms with Gasteiger partial charge in [-0.1, -0.05) is 18.2 Å². The van der Waals surface area contributed by atoms with Gasteiger partial charge < -0.3 is 10.5 Å². The standard InChI is InChI=1S/C12H16N4O/c1-3-11-12(13)14-15-16(11)9-6-5-7-10(8-9)17-4-2/h5-8H,3-4,13H2,1-2H3. The summed E-state index contributed by atoms with van der Waals surface area (Å²) in [5.74, 6) is 1.30. The van der Waals surface area contributed by atoms with Crippen molar-refractivity contribution in [3.63, 3.8) is 0 Å². The van der Waals surface area contributed by atoms with Crippen molar-refractivity contribution in [2.75, 3.05) is 12.3 Å². The maximum atomic E-state index is 5.76. The van der Waals surface area contributed by atoms with E-state index in [1.807, 2.05) is 38.1 Å². The molecular formula is C12H16N4O. The number of nitrogens with two attached hydrogens (primary N) is 1. The minimum atomic E-state index is 0.481. The first kappa shape index (κ1) is 11.4. The summed E-state index contributed by atoms with van der Waals surface area (Å²) in [6.45, 7) is 4.62. The summed E-state index contributed by atoms with van der Waals surface area (Å²) in [5, 5.41) is 7.93. The Balaban J connectivity index is 2.41. The van der Waals surface area contributed by atoms with E-state index in [9.17, 15) is 0 Å². The third-order valence-corrected chi connectivity index (χ3v) is 2.50. The Hall–Kier alpha value is -2.04. The van der Waals surface area contributed by atoms with E-state index in [4.69, 9.17) is 10.5 Å². The molecule has 0 bridgehead atoms. The molecule has 0 amide bonds. The Morgan fingerprint density at radius 2 is 2.18 bits per heavy atom. The lowest BCUT2D eigenvalue weighted by Crippen LogP contribution is -2.03. The summed E-state index contributed by atoms with van der Waals surface area (Å²) < 4.78 is 7.20. The highest BCUT2D eigenvalue weighted by Crippen LogP contribution is 2.19. The summed E-state index contributed by atoms with van der Waals surface area (Å²) in [6, 6.07) is 7.73. The highest BCUT2D eigenvalue weighted by molar-refractivity contribution is 5.44. The van der Waals surface area contributed by atoms with Crippen LogP contribution in [0.25, 0.3) is 5.69 Å². The molecule has 0 unspecified atom stereocenters. The second-order valence-electron chi connectivity index (χ2n) is 3.62. The highest BCUT2D eigenvalue weighted by atomic mass is 16.5. The summed E-state index contributed by atoms with van der Waals surface area (Å²) in [4.78, 5) is 0. The molecule has 0 aliphatic heterocycles. The van der Waals surface area contributed by atoms with Crippen LogP contribution in [-0.4, -0.2) is 21.6 Å². The molecule has 0 atom stereocenters. The average Bonchev–Trinajstić information content (AvgIpc) is 2.71. The van der Waals surface area contributed by atoms with Crippen LogP contribution in [-0.2, 0) is 6.42 Å². The van der Waals surface area contributed by atoms with E-state index in [0.29, 0.717) is 12.4 Å². The summed E-state index contributed by atoms with van der Waals surface area (Å²) in [6.07, 6.45) is 0.789. The fourth-order valence-electron chi connectivity index (χ4n) is 1.72. The lowest BCUT2D eigenvalue weighted by atomic mass is 10.2. The largest absolute Gasteiger partial charge is 0.494 e. The summed E-state index contributed by atoms with van der Waals surface area (Å²) in [5.41, 5.74) is 7.59. The average molecular weight is 232 g/mol. The first-order valence-electron chi connectivity index (χ1n) is 5.69. The third-order valence-electron chi connectivity index (χ3n) is 2.50. The molecule has 17 heavy (non-hydrogen) atoms. The van der Waals surface area contributed by atoms with Crippen LogP contribution in [0.3, 0.4) is 0 Å². The molecule has 0 aliphatic rings. The van der Waals surface area contributed by atoms with E-state index in [1.165, 1.54) is 0 Å². The number of anilines is 1. The summed E-state index contributed by atoms with van der Waals surface area (Å²) >= 11 is 0. The molecule has 2 aromatic rings. The van der Waals surface area contributed by atoms with Crippen LogP contribution >= 0.6 is 0 Å². The van der Waals surface area contributed by atoms with Gasteiger partial charge in [0.2, 0.25) is 0 Å². The lowest BCUT2D eigenvalue weighted by Gasteiger charge is -2.07. The van der Waals surface area contributed by atoms with Gasteiger partial charge in [0.1, 0.15) is 5.75 Å². The number of nitrogens with zero attached hydrogens (tertiary/aromatic N) is 3. The molecule has 2 N–H and O–H groups in total. The molecule has 0 aliphatic carbocycles. The zero-order chi connectivity index (χ0) is 12.3. The Labute approximate surface area is 100 Å². The van der Waals surface area contributed by atoms with E-state index in [2.05, 4.69) is 10.3 Å². The highest BCUT2D eigenvalue weighted by Gasteiger charge is 2.10. The van der Waals surface area contributed by atoms with E-state index in [1.54, 1.807) is 4.68 Å². The predicted octanol–water partition coefficient (Wildman–Crippen LogP) is 1.81. The molecule has 2 rings (SSSR count). The minimum Gasteiger partial charge on any atom is -0.494 e. The van der Waals surface area contributed by atoms with Gasteiger partial charge in [0, 0.05) is 6.07 Å². The number of benzene rings is 1. The van der Waals surface area contributed by atoms with Gasteiger partial charge in [0.15, 0.2) is 5.82 Å². The van der Waals surface area contributed by atoms with E-state index < -0.39 is 0 Å². The predicted molar refractivity (Wildman–Crippen MR) is 66.3 cm³/mol. The molecule has 0 saturated heterocycles. The van der Waals surface area contributed by atoms with Gasteiger partial charge in [-0.05, 0) is 25.5 Å². The van der Waals surface area contributed by atoms with Crippen molar-refractivity contribution in [2.45, 2.75) is 20.3 Å². The first-order valence-corrected chi connectivity index (χ1v) is 5.69. The molecule has 0 fully saturated rings. The molecule has 1 aromatic carbocycles. The van der Waals surface area contributed by atoms with Crippen molar-refractivity contribution in [1.29, 1.82) is 0 Å². The molecule has 0 radical (unpaired) electrons. The third kappa shape index (κ3) is 2.22. The number of ether oxygens (including phenoxy) is 1. The Morgan fingerprint density at radius 3 is 2.88 bits per heavy atom. The molecule has 5 nitrogen and oxygen atoms in total. The van der Waals surface area contributed by atoms with Crippen LogP contribution < -0.4 is 10.5 Å². The number of hydrogen-bond acceptors (Lipinski definition) is 4. The lowest BCUT2D eigenvalue weighted by molar-refractivity contribution is 0.340. The van der Waals surface area contributed by atoms with Crippen molar-refractivity contribution in [3.8, 4) is 11.4 Å². The smallest absolute Gasteiger partial charge is 0.169 e. The zero-order valence-electron chi connectivity index (χ0n) is 10.1. The van der Waals surface area contributed by atoms with Gasteiger partial charge in [-0.3, -0.25) is 0 Å². The van der Waals surface area contributed by atoms with Crippen LogP contribution in [0.1, 0.15) is 19.5 Å². The van der Waals surface area contributed by atoms with Crippen molar-refractivity contribution in [3.05, 3.63) is 30.0 Å². The van der Waals surface area contributed by atoms with Crippen molar-refractivity contribution < 1.29 is 4.74 Å². The van der Waals surface area contributed by atoms with Crippen LogP contribution in [0.2, 0.25) is 0 Å². The molecule has 1 heterocycles. The Bertz CT molecular complexity index is 507. The van der Waals surface area contributed by atoms with Crippen LogP contribution in [0.5, 0.6) is 5.75 Å². The summed E-state index contributed by atoms with van der Waals surface area (Å²) in [7, 11) is 0. The van der Waals surface area contributed by atoms with Gasteiger partial charge in [-0.2, -0.15) is 0 Å². The normalized spacial score (nSPS) is 10.5. The molecule has 0 saturated carbocycles. The van der Waals surface area contributed by atoms with Crippen LogP contribution in [0.4, 0.5) is 5.82 Å². The molecular weight excluding hydrogens is 216 g/mol. The van der Waals surface area contributed by atoms with E-state index >= 15 is 0 Å². The van der Waals surface area contributed by atoms with Crippen molar-refractivity contribution in [2.24, 2.45) is 0 Å². The minimum absolute atomic E-state index is 0.481. The monoisotopic (exact) mass is 232 g/mol. The zero-order valence-corrected chi connectivity index (χ0v) is 10.1. The van der Waals surface area contributed by atoms with Crippen molar-refractivity contribution in [1.82, 2.24) is 15.0 Å². The fourth-order valence-corrected chi connectivity index (χ4v) is 1.72. The van der Waals surface area contributed by atoms with E-state index in [0.717, 1.165) is 23.6 Å². The molecule has 5 heteroatoms. The maximum absolute atomic E-state index is 5.76. The number of rotatable bonds is 4. The Kier molecular flexibility index (Phi) is 3.27. The molecule has 90 valence electrons. The van der Waals surface area contributed by atoms with E-state index in [-0.39, 0.29) is 0 Å². The second-order valence-corrected chi connectivity index (χ2v) is 3.62. The first-order chi connectivity index (χ1) is 8.26. The SMILES string of the molecule is CCOc1cccc(-n2nnc(N)c2CC)c1. The van der Waals surface area contributed by atoms with Crippen molar-refractivity contribution >= 4 is 5.82 Å². The second kappa shape index (κ2) is 4.86. The fraction of sp³-hybridized carbons (Fsp3) is 0.333. The number of aromatic nitrogens is 3. The quantitative estimate of drug-likeness (QED) is 0.873. The number of nitrogen functional groups attached to an aromatic ring is 1. The maximum Gasteiger partial charge on any atom is 0.169 e. The van der Waals surface area contributed by atoms with Gasteiger partial charge in [-0.25, -0.2) is 4.68 Å². The molecule has 1 aromatic heterocycles.